The predicted molar refractivity (Wildman–Crippen MR) is 71.7 cm³/mol. The second kappa shape index (κ2) is 5.76. The molecule has 0 bridgehead atoms. The van der Waals surface area contributed by atoms with Crippen LogP contribution in [0.5, 0.6) is 0 Å². The van der Waals surface area contributed by atoms with Crippen LogP contribution in [0.3, 0.4) is 0 Å². The maximum Gasteiger partial charge on any atom is 0.327 e. The Labute approximate surface area is 114 Å². The Balaban J connectivity index is 2.26. The lowest BCUT2D eigenvalue weighted by Gasteiger charge is -2.37. The number of nitrogens with one attached hydrogen (secondary N) is 1. The van der Waals surface area contributed by atoms with Crippen molar-refractivity contribution in [3.05, 3.63) is 0 Å². The fourth-order valence-electron chi connectivity index (χ4n) is 2.91. The van der Waals surface area contributed by atoms with Gasteiger partial charge in [-0.3, -0.25) is 9.69 Å². The van der Waals surface area contributed by atoms with Gasteiger partial charge in [0.05, 0.1) is 18.1 Å². The average molecular weight is 290 g/mol. The van der Waals surface area contributed by atoms with Crippen LogP contribution < -0.4 is 5.32 Å². The summed E-state index contributed by atoms with van der Waals surface area (Å²) in [6.07, 6.45) is 1.27. The highest BCUT2D eigenvalue weighted by Crippen LogP contribution is 2.31. The number of hydrogen-bond acceptors (Lipinski definition) is 6. The van der Waals surface area contributed by atoms with E-state index in [-0.39, 0.29) is 24.1 Å². The SMILES string of the molecule is CCOC(=O)C1(N2CCCNCC2)CCS(=O)(=O)C1. The average Bonchev–Trinajstić information content (AvgIpc) is 2.57. The van der Waals surface area contributed by atoms with Crippen molar-refractivity contribution < 1.29 is 17.9 Å². The van der Waals surface area contributed by atoms with E-state index < -0.39 is 15.4 Å². The van der Waals surface area contributed by atoms with Crippen molar-refractivity contribution in [2.24, 2.45) is 0 Å². The van der Waals surface area contributed by atoms with E-state index in [0.29, 0.717) is 13.0 Å². The number of esters is 1. The molecular weight excluding hydrogens is 268 g/mol. The van der Waals surface area contributed by atoms with Crippen LogP contribution >= 0.6 is 0 Å². The molecule has 0 aliphatic carbocycles. The summed E-state index contributed by atoms with van der Waals surface area (Å²) < 4.78 is 28.8. The van der Waals surface area contributed by atoms with Gasteiger partial charge in [0.25, 0.3) is 0 Å². The molecule has 0 radical (unpaired) electrons. The first-order valence-corrected chi connectivity index (χ1v) is 8.66. The molecule has 19 heavy (non-hydrogen) atoms. The van der Waals surface area contributed by atoms with Gasteiger partial charge >= 0.3 is 5.97 Å². The van der Waals surface area contributed by atoms with Crippen LogP contribution in [0.2, 0.25) is 0 Å². The van der Waals surface area contributed by atoms with Gasteiger partial charge < -0.3 is 10.1 Å². The molecule has 2 saturated heterocycles. The van der Waals surface area contributed by atoms with E-state index in [4.69, 9.17) is 4.74 Å². The number of nitrogens with zero attached hydrogens (tertiary/aromatic N) is 1. The van der Waals surface area contributed by atoms with Gasteiger partial charge in [0.1, 0.15) is 5.54 Å². The van der Waals surface area contributed by atoms with Crippen molar-refractivity contribution >= 4 is 15.8 Å². The molecule has 0 saturated carbocycles. The standard InChI is InChI=1S/C12H22N2O4S/c1-2-18-11(15)12(4-9-19(16,17)10-12)14-7-3-5-13-6-8-14/h13H,2-10H2,1H3. The van der Waals surface area contributed by atoms with E-state index in [1.54, 1.807) is 6.92 Å². The molecule has 0 spiro atoms. The van der Waals surface area contributed by atoms with Crippen LogP contribution in [0.25, 0.3) is 0 Å². The molecule has 6 nitrogen and oxygen atoms in total. The third-order valence-corrected chi connectivity index (χ3v) is 5.63. The van der Waals surface area contributed by atoms with Crippen LogP contribution in [0, 0.1) is 0 Å². The number of hydrogen-bond donors (Lipinski definition) is 1. The minimum Gasteiger partial charge on any atom is -0.465 e. The minimum absolute atomic E-state index is 0.0791. The lowest BCUT2D eigenvalue weighted by atomic mass is 9.96. The summed E-state index contributed by atoms with van der Waals surface area (Å²) in [5, 5.41) is 3.27. The summed E-state index contributed by atoms with van der Waals surface area (Å²) in [4.78, 5) is 14.3. The molecule has 2 fully saturated rings. The van der Waals surface area contributed by atoms with Gasteiger partial charge in [0.2, 0.25) is 0 Å². The Kier molecular flexibility index (Phi) is 4.47. The summed E-state index contributed by atoms with van der Waals surface area (Å²) in [7, 11) is -3.14. The van der Waals surface area contributed by atoms with Crippen LogP contribution in [0.4, 0.5) is 0 Å². The smallest absolute Gasteiger partial charge is 0.327 e. The first-order chi connectivity index (χ1) is 9.00. The summed E-state index contributed by atoms with van der Waals surface area (Å²) in [5.41, 5.74) is -0.957. The monoisotopic (exact) mass is 290 g/mol. The van der Waals surface area contributed by atoms with Crippen molar-refractivity contribution in [3.63, 3.8) is 0 Å². The molecule has 0 aromatic rings. The van der Waals surface area contributed by atoms with Gasteiger partial charge in [-0.05, 0) is 26.3 Å². The van der Waals surface area contributed by atoms with E-state index in [9.17, 15) is 13.2 Å². The molecule has 7 heteroatoms. The fourth-order valence-corrected chi connectivity index (χ4v) is 4.88. The number of carbonyl (C=O) groups excluding carboxylic acids is 1. The Hall–Kier alpha value is -0.660. The number of rotatable bonds is 3. The highest BCUT2D eigenvalue weighted by molar-refractivity contribution is 7.91. The van der Waals surface area contributed by atoms with E-state index in [2.05, 4.69) is 5.32 Å². The zero-order valence-corrected chi connectivity index (χ0v) is 12.2. The van der Waals surface area contributed by atoms with Gasteiger partial charge in [0, 0.05) is 19.6 Å². The Morgan fingerprint density at radius 2 is 2.16 bits per heavy atom. The van der Waals surface area contributed by atoms with Crippen molar-refractivity contribution in [2.75, 3.05) is 44.3 Å². The molecule has 1 atom stereocenters. The van der Waals surface area contributed by atoms with Crippen molar-refractivity contribution in [1.29, 1.82) is 0 Å². The molecular formula is C12H22N2O4S. The Morgan fingerprint density at radius 1 is 1.37 bits per heavy atom. The van der Waals surface area contributed by atoms with Crippen LogP contribution in [0.1, 0.15) is 19.8 Å². The number of ether oxygens (including phenoxy) is 1. The van der Waals surface area contributed by atoms with E-state index in [1.165, 1.54) is 0 Å². The van der Waals surface area contributed by atoms with Crippen molar-refractivity contribution in [1.82, 2.24) is 10.2 Å². The predicted octanol–water partition coefficient (Wildman–Crippen LogP) is -0.598. The second-order valence-electron chi connectivity index (χ2n) is 5.18. The van der Waals surface area contributed by atoms with Gasteiger partial charge in [-0.2, -0.15) is 0 Å². The van der Waals surface area contributed by atoms with Crippen LogP contribution in [0.15, 0.2) is 0 Å². The Bertz CT molecular complexity index is 429. The van der Waals surface area contributed by atoms with Gasteiger partial charge in [0.15, 0.2) is 9.84 Å². The van der Waals surface area contributed by atoms with Gasteiger partial charge in [-0.1, -0.05) is 0 Å². The second-order valence-corrected chi connectivity index (χ2v) is 7.37. The largest absolute Gasteiger partial charge is 0.465 e. The van der Waals surface area contributed by atoms with Crippen molar-refractivity contribution in [3.8, 4) is 0 Å². The zero-order valence-electron chi connectivity index (χ0n) is 11.4. The van der Waals surface area contributed by atoms with E-state index in [1.807, 2.05) is 4.90 Å². The molecule has 0 aromatic carbocycles. The summed E-state index contributed by atoms with van der Waals surface area (Å²) in [6, 6.07) is 0. The first-order valence-electron chi connectivity index (χ1n) is 6.83. The van der Waals surface area contributed by atoms with Gasteiger partial charge in [-0.25, -0.2) is 8.42 Å². The quantitative estimate of drug-likeness (QED) is 0.700. The van der Waals surface area contributed by atoms with Crippen LogP contribution in [-0.4, -0.2) is 69.1 Å². The molecule has 110 valence electrons. The molecule has 2 aliphatic rings. The van der Waals surface area contributed by atoms with E-state index in [0.717, 1.165) is 26.1 Å². The van der Waals surface area contributed by atoms with Crippen molar-refractivity contribution in [2.45, 2.75) is 25.3 Å². The first kappa shape index (κ1) is 14.7. The highest BCUT2D eigenvalue weighted by Gasteiger charge is 2.53. The molecule has 0 aromatic heterocycles. The normalized spacial score (nSPS) is 31.8. The minimum atomic E-state index is -3.14. The maximum atomic E-state index is 12.3. The molecule has 0 amide bonds. The summed E-state index contributed by atoms with van der Waals surface area (Å²) in [5.74, 6) is -0.396. The topological polar surface area (TPSA) is 75.7 Å². The zero-order chi connectivity index (χ0) is 13.9. The number of carbonyl (C=O) groups is 1. The third-order valence-electron chi connectivity index (χ3n) is 3.89. The third kappa shape index (κ3) is 3.09. The van der Waals surface area contributed by atoms with Gasteiger partial charge in [-0.15, -0.1) is 0 Å². The fraction of sp³-hybridized carbons (Fsp3) is 0.917. The van der Waals surface area contributed by atoms with Crippen LogP contribution in [-0.2, 0) is 19.4 Å². The molecule has 1 N–H and O–H groups in total. The Morgan fingerprint density at radius 3 is 2.79 bits per heavy atom. The highest BCUT2D eigenvalue weighted by atomic mass is 32.2. The molecule has 2 aliphatic heterocycles. The lowest BCUT2D eigenvalue weighted by molar-refractivity contribution is -0.156. The van der Waals surface area contributed by atoms with E-state index >= 15 is 0 Å². The molecule has 2 rings (SSSR count). The molecule has 1 unspecified atom stereocenters. The lowest BCUT2D eigenvalue weighted by Crippen LogP contribution is -2.57. The maximum absolute atomic E-state index is 12.3. The number of sulfone groups is 1. The summed E-state index contributed by atoms with van der Waals surface area (Å²) in [6.45, 7) is 5.14. The summed E-state index contributed by atoms with van der Waals surface area (Å²) >= 11 is 0. The molecule has 2 heterocycles.